The molecule has 8 heteroatoms. The van der Waals surface area contributed by atoms with Gasteiger partial charge < -0.3 is 9.47 Å². The van der Waals surface area contributed by atoms with E-state index in [0.29, 0.717) is 29.1 Å². The zero-order valence-corrected chi connectivity index (χ0v) is 23.5. The first kappa shape index (κ1) is 31.1. The van der Waals surface area contributed by atoms with Crippen molar-refractivity contribution in [1.82, 2.24) is 9.97 Å². The summed E-state index contributed by atoms with van der Waals surface area (Å²) in [5.41, 5.74) is 0.00500. The van der Waals surface area contributed by atoms with Crippen LogP contribution >= 0.6 is 0 Å². The van der Waals surface area contributed by atoms with Gasteiger partial charge in [-0.15, -0.1) is 0 Å². The molecule has 0 fully saturated rings. The second-order valence-corrected chi connectivity index (χ2v) is 10.3. The molecule has 0 saturated heterocycles. The van der Waals surface area contributed by atoms with Gasteiger partial charge in [0.15, 0.2) is 12.0 Å². The molecule has 3 rings (SSSR count). The van der Waals surface area contributed by atoms with E-state index in [0.717, 1.165) is 31.7 Å². The highest BCUT2D eigenvalue weighted by Crippen LogP contribution is 2.30. The van der Waals surface area contributed by atoms with Gasteiger partial charge in [-0.1, -0.05) is 69.7 Å². The van der Waals surface area contributed by atoms with E-state index in [2.05, 4.69) is 16.9 Å². The molecule has 3 atom stereocenters. The van der Waals surface area contributed by atoms with Gasteiger partial charge in [0.05, 0.1) is 5.56 Å². The molecule has 1 heterocycles. The smallest absolute Gasteiger partial charge is 0.348 e. The lowest BCUT2D eigenvalue weighted by Gasteiger charge is -2.18. The van der Waals surface area contributed by atoms with E-state index in [9.17, 15) is 18.0 Å². The van der Waals surface area contributed by atoms with Crippen LogP contribution in [-0.2, 0) is 4.79 Å². The topological polar surface area (TPSA) is 61.3 Å². The third-order valence-corrected chi connectivity index (χ3v) is 6.75. The largest absolute Gasteiger partial charge is 0.490 e. The van der Waals surface area contributed by atoms with Gasteiger partial charge in [0.2, 0.25) is 5.67 Å². The average Bonchev–Trinajstić information content (AvgIpc) is 2.96. The summed E-state index contributed by atoms with van der Waals surface area (Å²) in [6.45, 7) is 4.18. The molecule has 5 nitrogen and oxygen atoms in total. The summed E-state index contributed by atoms with van der Waals surface area (Å²) >= 11 is 0. The van der Waals surface area contributed by atoms with Crippen LogP contribution < -0.4 is 9.47 Å². The zero-order valence-electron chi connectivity index (χ0n) is 23.5. The number of rotatable bonds is 16. The molecule has 0 saturated carbocycles. The van der Waals surface area contributed by atoms with Crippen LogP contribution in [0.15, 0.2) is 60.9 Å². The molecule has 0 N–H and O–H groups in total. The minimum absolute atomic E-state index is 0.138. The van der Waals surface area contributed by atoms with Crippen molar-refractivity contribution >= 4 is 5.97 Å². The summed E-state index contributed by atoms with van der Waals surface area (Å²) < 4.78 is 52.5. The zero-order chi connectivity index (χ0) is 29.0. The molecule has 0 aliphatic rings. The quantitative estimate of drug-likeness (QED) is 0.100. The Morgan fingerprint density at radius 3 is 2.17 bits per heavy atom. The maximum atomic E-state index is 14.9. The fourth-order valence-corrected chi connectivity index (χ4v) is 4.14. The Labute approximate surface area is 235 Å². The normalized spacial score (nSPS) is 14.2. The maximum absolute atomic E-state index is 14.9. The van der Waals surface area contributed by atoms with E-state index in [-0.39, 0.29) is 12.2 Å². The van der Waals surface area contributed by atoms with Crippen molar-refractivity contribution in [1.29, 1.82) is 0 Å². The van der Waals surface area contributed by atoms with Gasteiger partial charge >= 0.3 is 5.97 Å². The van der Waals surface area contributed by atoms with Crippen LogP contribution in [0.4, 0.5) is 13.2 Å². The van der Waals surface area contributed by atoms with Crippen molar-refractivity contribution < 1.29 is 27.4 Å². The van der Waals surface area contributed by atoms with Gasteiger partial charge in [-0.25, -0.2) is 27.9 Å². The first-order valence-electron chi connectivity index (χ1n) is 14.0. The molecule has 40 heavy (non-hydrogen) atoms. The summed E-state index contributed by atoms with van der Waals surface area (Å²) in [6, 6.07) is 13.6. The molecule has 0 bridgehead atoms. The molecule has 0 amide bonds. The highest BCUT2D eigenvalue weighted by Gasteiger charge is 2.34. The van der Waals surface area contributed by atoms with Crippen molar-refractivity contribution in [3.63, 3.8) is 0 Å². The predicted molar refractivity (Wildman–Crippen MR) is 152 cm³/mol. The van der Waals surface area contributed by atoms with Crippen LogP contribution in [0.2, 0.25) is 0 Å². The Balaban J connectivity index is 1.56. The molecule has 0 aliphatic heterocycles. The summed E-state index contributed by atoms with van der Waals surface area (Å²) in [4.78, 5) is 21.3. The van der Waals surface area contributed by atoms with Crippen LogP contribution in [0.3, 0.4) is 0 Å². The number of hydrogen-bond donors (Lipinski definition) is 0. The first-order chi connectivity index (χ1) is 19.2. The number of alkyl halides is 3. The number of carbonyl (C=O) groups is 1. The van der Waals surface area contributed by atoms with E-state index in [1.807, 2.05) is 0 Å². The number of ether oxygens (including phenoxy) is 2. The lowest BCUT2D eigenvalue weighted by atomic mass is 9.99. The Kier molecular flexibility index (Phi) is 12.0. The molecule has 3 aromatic rings. The van der Waals surface area contributed by atoms with Gasteiger partial charge in [0.25, 0.3) is 0 Å². The van der Waals surface area contributed by atoms with E-state index in [1.165, 1.54) is 26.2 Å². The van der Waals surface area contributed by atoms with E-state index in [1.54, 1.807) is 60.9 Å². The summed E-state index contributed by atoms with van der Waals surface area (Å²) in [6.07, 6.45) is 7.38. The third-order valence-electron chi connectivity index (χ3n) is 6.75. The van der Waals surface area contributed by atoms with E-state index in [4.69, 9.17) is 9.47 Å². The number of aromatic nitrogens is 2. The minimum Gasteiger partial charge on any atom is -0.490 e. The van der Waals surface area contributed by atoms with Crippen molar-refractivity contribution in [2.45, 2.75) is 90.1 Å². The number of esters is 1. The lowest BCUT2D eigenvalue weighted by Crippen LogP contribution is -2.34. The number of para-hydroxylation sites is 1. The molecule has 2 aromatic carbocycles. The Morgan fingerprint density at radius 2 is 1.52 bits per heavy atom. The molecule has 3 unspecified atom stereocenters. The van der Waals surface area contributed by atoms with Crippen molar-refractivity contribution in [3.8, 4) is 34.0 Å². The van der Waals surface area contributed by atoms with Gasteiger partial charge in [0, 0.05) is 18.0 Å². The van der Waals surface area contributed by atoms with Gasteiger partial charge in [-0.3, -0.25) is 0 Å². The number of carbonyl (C=O) groups excluding carboxylic acids is 1. The molecular formula is C32H39F3N2O3. The monoisotopic (exact) mass is 556 g/mol. The van der Waals surface area contributed by atoms with Gasteiger partial charge in [-0.05, 0) is 56.5 Å². The number of halogens is 3. The SMILES string of the molecule is CCCCCCCCCC(C)(F)C(=O)Oc1ccc(-c2cnc(-c3ccccc3OCC(F)C(C)F)nc2)cc1. The van der Waals surface area contributed by atoms with Crippen LogP contribution in [0, 0.1) is 0 Å². The first-order valence-corrected chi connectivity index (χ1v) is 14.0. The number of unbranched alkanes of at least 4 members (excludes halogenated alkanes) is 6. The molecule has 0 spiro atoms. The van der Waals surface area contributed by atoms with E-state index < -0.39 is 30.6 Å². The average molecular weight is 557 g/mol. The Morgan fingerprint density at radius 1 is 0.900 bits per heavy atom. The second kappa shape index (κ2) is 15.4. The molecular weight excluding hydrogens is 517 g/mol. The highest BCUT2D eigenvalue weighted by atomic mass is 19.2. The minimum atomic E-state index is -2.04. The fraction of sp³-hybridized carbons (Fsp3) is 0.469. The highest BCUT2D eigenvalue weighted by molar-refractivity contribution is 5.81. The summed E-state index contributed by atoms with van der Waals surface area (Å²) in [7, 11) is 0. The van der Waals surface area contributed by atoms with Gasteiger partial charge in [0.1, 0.15) is 24.3 Å². The summed E-state index contributed by atoms with van der Waals surface area (Å²) in [5.74, 6) is 0.0998. The second-order valence-electron chi connectivity index (χ2n) is 10.3. The molecule has 216 valence electrons. The van der Waals surface area contributed by atoms with Crippen LogP contribution in [0.1, 0.15) is 72.1 Å². The Hall–Kier alpha value is -3.42. The lowest BCUT2D eigenvalue weighted by molar-refractivity contribution is -0.147. The van der Waals surface area contributed by atoms with Crippen molar-refractivity contribution in [2.24, 2.45) is 0 Å². The van der Waals surface area contributed by atoms with Crippen LogP contribution in [-0.4, -0.2) is 40.6 Å². The summed E-state index contributed by atoms with van der Waals surface area (Å²) in [5, 5.41) is 0. The molecule has 0 radical (unpaired) electrons. The van der Waals surface area contributed by atoms with Crippen molar-refractivity contribution in [2.75, 3.05) is 6.61 Å². The number of benzene rings is 2. The number of hydrogen-bond acceptors (Lipinski definition) is 5. The van der Waals surface area contributed by atoms with Crippen LogP contribution in [0.25, 0.3) is 22.5 Å². The molecule has 0 aliphatic carbocycles. The van der Waals surface area contributed by atoms with Gasteiger partial charge in [-0.2, -0.15) is 0 Å². The third kappa shape index (κ3) is 9.35. The fourth-order valence-electron chi connectivity index (χ4n) is 4.14. The Bertz CT molecular complexity index is 1180. The number of nitrogens with zero attached hydrogens (tertiary/aromatic N) is 2. The molecule has 1 aromatic heterocycles. The maximum Gasteiger partial charge on any atom is 0.348 e. The van der Waals surface area contributed by atoms with Crippen molar-refractivity contribution in [3.05, 3.63) is 60.9 Å². The standard InChI is InChI=1S/C32H39F3N2O3/c1-4-5-6-7-8-9-12-19-32(3,35)31(38)40-26-17-15-24(16-18-26)25-20-36-30(37-21-25)27-13-10-11-14-29(27)39-22-28(34)23(2)33/h10-11,13-18,20-21,23,28H,4-9,12,19,22H2,1-3H3. The van der Waals surface area contributed by atoms with Crippen LogP contribution in [0.5, 0.6) is 11.5 Å². The van der Waals surface area contributed by atoms with E-state index >= 15 is 0 Å². The predicted octanol–water partition coefficient (Wildman–Crippen LogP) is 8.66.